The highest BCUT2D eigenvalue weighted by atomic mass is 16.5. The van der Waals surface area contributed by atoms with Gasteiger partial charge in [0.25, 0.3) is 0 Å². The Kier molecular flexibility index (Phi) is 22.4. The fourth-order valence-electron chi connectivity index (χ4n) is 3.35. The van der Waals surface area contributed by atoms with E-state index in [1.807, 2.05) is 0 Å². The molecule has 0 aromatic heterocycles. The Balaban J connectivity index is 3.29. The van der Waals surface area contributed by atoms with Crippen LogP contribution in [0, 0.1) is 0 Å². The molecule has 0 aliphatic carbocycles. The molecule has 0 rings (SSSR count). The van der Waals surface area contributed by atoms with E-state index in [-0.39, 0.29) is 11.9 Å². The van der Waals surface area contributed by atoms with Crippen molar-refractivity contribution < 1.29 is 19.1 Å². The lowest BCUT2D eigenvalue weighted by Crippen LogP contribution is -2.07. The highest BCUT2D eigenvalue weighted by Gasteiger charge is 2.05. The van der Waals surface area contributed by atoms with Crippen LogP contribution in [0.3, 0.4) is 0 Å². The van der Waals surface area contributed by atoms with Gasteiger partial charge >= 0.3 is 11.9 Å². The van der Waals surface area contributed by atoms with Crippen LogP contribution >= 0.6 is 0 Å². The lowest BCUT2D eigenvalue weighted by Gasteiger charge is -2.06. The quantitative estimate of drug-likeness (QED) is 0.136. The zero-order valence-electron chi connectivity index (χ0n) is 19.5. The molecule has 4 nitrogen and oxygen atoms in total. The number of esters is 2. The summed E-state index contributed by atoms with van der Waals surface area (Å²) in [5.41, 5.74) is 0. The second-order valence-corrected chi connectivity index (χ2v) is 8.24. The molecule has 0 aromatic rings. The Hall–Kier alpha value is -1.06. The molecule has 0 aliphatic heterocycles. The molecule has 0 saturated carbocycles. The molecule has 0 unspecified atom stereocenters. The van der Waals surface area contributed by atoms with Crippen molar-refractivity contribution in [1.29, 1.82) is 0 Å². The first-order valence-electron chi connectivity index (χ1n) is 12.5. The summed E-state index contributed by atoms with van der Waals surface area (Å²) in [6, 6.07) is 0. The van der Waals surface area contributed by atoms with Gasteiger partial charge in [0.15, 0.2) is 0 Å². The molecule has 0 aliphatic rings. The Bertz CT molecular complexity index is 368. The van der Waals surface area contributed by atoms with Crippen molar-refractivity contribution in [3.63, 3.8) is 0 Å². The molecule has 0 radical (unpaired) electrons. The van der Waals surface area contributed by atoms with Crippen molar-refractivity contribution >= 4 is 11.9 Å². The zero-order valence-corrected chi connectivity index (χ0v) is 19.5. The van der Waals surface area contributed by atoms with Gasteiger partial charge in [-0.15, -0.1) is 0 Å². The summed E-state index contributed by atoms with van der Waals surface area (Å²) in [5, 5.41) is 0. The summed E-state index contributed by atoms with van der Waals surface area (Å²) in [5.74, 6) is -0.200. The van der Waals surface area contributed by atoms with Gasteiger partial charge in [-0.2, -0.15) is 0 Å². The van der Waals surface area contributed by atoms with Gasteiger partial charge in [0.2, 0.25) is 0 Å². The minimum Gasteiger partial charge on any atom is -0.466 e. The summed E-state index contributed by atoms with van der Waals surface area (Å²) in [7, 11) is 0. The Labute approximate surface area is 180 Å². The van der Waals surface area contributed by atoms with Gasteiger partial charge in [-0.05, 0) is 25.7 Å². The van der Waals surface area contributed by atoms with E-state index in [4.69, 9.17) is 9.47 Å². The molecule has 0 atom stereocenters. The van der Waals surface area contributed by atoms with Gasteiger partial charge in [-0.1, -0.05) is 97.3 Å². The van der Waals surface area contributed by atoms with E-state index in [0.29, 0.717) is 26.1 Å². The normalized spacial score (nSPS) is 10.8. The number of hydrogen-bond acceptors (Lipinski definition) is 4. The van der Waals surface area contributed by atoms with Crippen LogP contribution in [0.5, 0.6) is 0 Å². The van der Waals surface area contributed by atoms with E-state index < -0.39 is 0 Å². The molecule has 0 saturated heterocycles. The largest absolute Gasteiger partial charge is 0.466 e. The van der Waals surface area contributed by atoms with Crippen molar-refractivity contribution in [2.24, 2.45) is 0 Å². The van der Waals surface area contributed by atoms with Crippen LogP contribution in [0.1, 0.15) is 136 Å². The fourth-order valence-corrected chi connectivity index (χ4v) is 3.35. The van der Waals surface area contributed by atoms with Gasteiger partial charge in [-0.3, -0.25) is 9.59 Å². The second-order valence-electron chi connectivity index (χ2n) is 8.24. The molecule has 0 N–H and O–H groups in total. The van der Waals surface area contributed by atoms with Gasteiger partial charge < -0.3 is 9.47 Å². The third-order valence-corrected chi connectivity index (χ3v) is 5.28. The molecule has 0 heterocycles. The summed E-state index contributed by atoms with van der Waals surface area (Å²) in [6.07, 6.45) is 20.6. The number of ether oxygens (including phenoxy) is 2. The SMILES string of the molecule is CCCCCCCCCCOC(=O)CCCCCC(=O)OCCCCCCCC. The Morgan fingerprint density at radius 3 is 1.14 bits per heavy atom. The average molecular weight is 413 g/mol. The van der Waals surface area contributed by atoms with E-state index in [0.717, 1.165) is 44.9 Å². The Morgan fingerprint density at radius 1 is 0.448 bits per heavy atom. The van der Waals surface area contributed by atoms with Crippen molar-refractivity contribution in [3.05, 3.63) is 0 Å². The van der Waals surface area contributed by atoms with E-state index in [9.17, 15) is 9.59 Å². The molecule has 0 spiro atoms. The fraction of sp³-hybridized carbons (Fsp3) is 0.920. The summed E-state index contributed by atoms with van der Waals surface area (Å²) in [4.78, 5) is 23.4. The highest BCUT2D eigenvalue weighted by molar-refractivity contribution is 5.69. The monoisotopic (exact) mass is 412 g/mol. The maximum absolute atomic E-state index is 11.7. The summed E-state index contributed by atoms with van der Waals surface area (Å²) in [6.45, 7) is 5.55. The van der Waals surface area contributed by atoms with Gasteiger partial charge in [-0.25, -0.2) is 0 Å². The van der Waals surface area contributed by atoms with E-state index in [1.54, 1.807) is 0 Å². The van der Waals surface area contributed by atoms with Crippen LogP contribution < -0.4 is 0 Å². The minimum atomic E-state index is -0.101. The second kappa shape index (κ2) is 23.2. The van der Waals surface area contributed by atoms with E-state index >= 15 is 0 Å². The van der Waals surface area contributed by atoms with Crippen molar-refractivity contribution in [3.8, 4) is 0 Å². The van der Waals surface area contributed by atoms with Crippen LogP contribution in [0.4, 0.5) is 0 Å². The smallest absolute Gasteiger partial charge is 0.305 e. The van der Waals surface area contributed by atoms with Crippen molar-refractivity contribution in [2.75, 3.05) is 13.2 Å². The molecular formula is C25H48O4. The predicted molar refractivity (Wildman–Crippen MR) is 121 cm³/mol. The molecule has 0 fully saturated rings. The first kappa shape index (κ1) is 27.9. The maximum Gasteiger partial charge on any atom is 0.305 e. The number of unbranched alkanes of at least 4 members (excludes halogenated alkanes) is 14. The molecule has 4 heteroatoms. The zero-order chi connectivity index (χ0) is 21.4. The van der Waals surface area contributed by atoms with Crippen LogP contribution in [0.25, 0.3) is 0 Å². The highest BCUT2D eigenvalue weighted by Crippen LogP contribution is 2.10. The van der Waals surface area contributed by atoms with Gasteiger partial charge in [0.1, 0.15) is 0 Å². The number of rotatable bonds is 22. The van der Waals surface area contributed by atoms with Crippen molar-refractivity contribution in [1.82, 2.24) is 0 Å². The third kappa shape index (κ3) is 23.1. The standard InChI is InChI=1S/C25H48O4/c1-3-5-7-9-11-12-14-19-23-29-25(27)21-17-15-16-20-24(26)28-22-18-13-10-8-6-4-2/h3-23H2,1-2H3. The number of carbonyl (C=O) groups is 2. The van der Waals surface area contributed by atoms with Crippen LogP contribution in [-0.4, -0.2) is 25.2 Å². The lowest BCUT2D eigenvalue weighted by atomic mass is 10.1. The molecular weight excluding hydrogens is 364 g/mol. The topological polar surface area (TPSA) is 52.6 Å². The van der Waals surface area contributed by atoms with Crippen LogP contribution in [-0.2, 0) is 19.1 Å². The van der Waals surface area contributed by atoms with E-state index in [1.165, 1.54) is 64.2 Å². The average Bonchev–Trinajstić information content (AvgIpc) is 2.71. The summed E-state index contributed by atoms with van der Waals surface area (Å²) < 4.78 is 10.5. The number of hydrogen-bond donors (Lipinski definition) is 0. The van der Waals surface area contributed by atoms with Crippen LogP contribution in [0.2, 0.25) is 0 Å². The van der Waals surface area contributed by atoms with Crippen LogP contribution in [0.15, 0.2) is 0 Å². The number of carbonyl (C=O) groups excluding carboxylic acids is 2. The molecule has 0 aromatic carbocycles. The van der Waals surface area contributed by atoms with E-state index in [2.05, 4.69) is 13.8 Å². The minimum absolute atomic E-state index is 0.0985. The molecule has 0 bridgehead atoms. The summed E-state index contributed by atoms with van der Waals surface area (Å²) >= 11 is 0. The Morgan fingerprint density at radius 2 is 0.759 bits per heavy atom. The van der Waals surface area contributed by atoms with Crippen molar-refractivity contribution in [2.45, 2.75) is 136 Å². The lowest BCUT2D eigenvalue weighted by molar-refractivity contribution is -0.144. The first-order valence-corrected chi connectivity index (χ1v) is 12.5. The molecule has 0 amide bonds. The first-order chi connectivity index (χ1) is 14.2. The maximum atomic E-state index is 11.7. The van der Waals surface area contributed by atoms with Gasteiger partial charge in [0, 0.05) is 12.8 Å². The predicted octanol–water partition coefficient (Wildman–Crippen LogP) is 7.52. The van der Waals surface area contributed by atoms with Gasteiger partial charge in [0.05, 0.1) is 13.2 Å². The molecule has 29 heavy (non-hydrogen) atoms. The third-order valence-electron chi connectivity index (χ3n) is 5.28. The molecule has 172 valence electrons.